The van der Waals surface area contributed by atoms with Gasteiger partial charge in [-0.2, -0.15) is 5.10 Å². The van der Waals surface area contributed by atoms with Crippen LogP contribution in [0.3, 0.4) is 0 Å². The zero-order chi connectivity index (χ0) is 42.0. The van der Waals surface area contributed by atoms with Crippen molar-refractivity contribution in [3.05, 3.63) is 77.2 Å². The summed E-state index contributed by atoms with van der Waals surface area (Å²) in [7, 11) is 0. The Labute approximate surface area is 352 Å². The first-order chi connectivity index (χ1) is 29.5. The summed E-state index contributed by atoms with van der Waals surface area (Å²) in [6.45, 7) is 7.35. The number of likely N-dealkylation sites (tertiary alicyclic amines) is 1. The molecule has 1 saturated carbocycles. The Balaban J connectivity index is 0.739. The van der Waals surface area contributed by atoms with Crippen LogP contribution < -0.4 is 20.4 Å². The van der Waals surface area contributed by atoms with Crippen LogP contribution in [0, 0.1) is 18.3 Å². The standard InChI is InChI=1S/C45H49N9O7/c1-27-3-2-4-34(46-27)40(56)47-36-21-29-26-53(49-35(29)23-38(36)51-17-19-61-20-18-51)31-24-45(25-31)11-15-52(16-12-45)42(58)28-9-13-50(14-10-28)30-5-6-32-33(22-30)44(60)54(43(32)59)37-7-8-39(55)48-41(37)57/h2-6,21-23,26,28,31,37H,7-20,24-25H2,1H3,(H,47,56)(H,48,55,57). The quantitative estimate of drug-likeness (QED) is 0.257. The van der Waals surface area contributed by atoms with E-state index in [1.54, 1.807) is 18.2 Å². The molecule has 16 nitrogen and oxygen atoms in total. The van der Waals surface area contributed by atoms with E-state index in [2.05, 4.69) is 47.3 Å². The van der Waals surface area contributed by atoms with E-state index in [9.17, 15) is 28.8 Å². The van der Waals surface area contributed by atoms with Gasteiger partial charge in [0.05, 0.1) is 47.3 Å². The van der Waals surface area contributed by atoms with Gasteiger partial charge in [-0.05, 0) is 99.7 Å². The number of nitrogens with zero attached hydrogens (tertiary/aromatic N) is 7. The van der Waals surface area contributed by atoms with Crippen LogP contribution in [-0.4, -0.2) is 119 Å². The van der Waals surface area contributed by atoms with Gasteiger partial charge >= 0.3 is 0 Å². The number of hydrogen-bond donors (Lipinski definition) is 2. The number of pyridine rings is 1. The molecule has 5 fully saturated rings. The predicted molar refractivity (Wildman–Crippen MR) is 224 cm³/mol. The number of nitrogens with one attached hydrogen (secondary N) is 2. The van der Waals surface area contributed by atoms with Gasteiger partial charge in [-0.25, -0.2) is 4.98 Å². The lowest BCUT2D eigenvalue weighted by Crippen LogP contribution is -2.54. The number of aryl methyl sites for hydroxylation is 1. The van der Waals surface area contributed by atoms with Gasteiger partial charge in [0.1, 0.15) is 11.7 Å². The second-order valence-electron chi connectivity index (χ2n) is 17.6. The fourth-order valence-corrected chi connectivity index (χ4v) is 10.3. The van der Waals surface area contributed by atoms with Crippen LogP contribution in [0.15, 0.2) is 54.7 Å². The number of imide groups is 2. The molecule has 2 aromatic carbocycles. The molecule has 316 valence electrons. The number of hydrogen-bond acceptors (Lipinski definition) is 11. The minimum absolute atomic E-state index is 0.0679. The molecular weight excluding hydrogens is 779 g/mol. The fourth-order valence-electron chi connectivity index (χ4n) is 10.3. The Morgan fingerprint density at radius 3 is 2.34 bits per heavy atom. The van der Waals surface area contributed by atoms with E-state index in [0.717, 1.165) is 90.4 Å². The van der Waals surface area contributed by atoms with E-state index >= 15 is 0 Å². The Bertz CT molecular complexity index is 2470. The molecule has 5 aliphatic heterocycles. The summed E-state index contributed by atoms with van der Waals surface area (Å²) >= 11 is 0. The van der Waals surface area contributed by atoms with Gasteiger partial charge in [-0.15, -0.1) is 0 Å². The van der Waals surface area contributed by atoms with Gasteiger partial charge in [0, 0.05) is 74.6 Å². The van der Waals surface area contributed by atoms with Gasteiger partial charge in [-0.1, -0.05) is 6.07 Å². The Kier molecular flexibility index (Phi) is 9.84. The molecule has 7 heterocycles. The van der Waals surface area contributed by atoms with Crippen LogP contribution in [-0.2, 0) is 19.1 Å². The van der Waals surface area contributed by atoms with Gasteiger partial charge < -0.3 is 24.8 Å². The maximum Gasteiger partial charge on any atom is 0.274 e. The average molecular weight is 828 g/mol. The van der Waals surface area contributed by atoms with Crippen molar-refractivity contribution in [1.29, 1.82) is 0 Å². The number of benzene rings is 2. The van der Waals surface area contributed by atoms with Crippen LogP contribution in [0.5, 0.6) is 0 Å². The highest BCUT2D eigenvalue weighted by molar-refractivity contribution is 6.23. The van der Waals surface area contributed by atoms with Gasteiger partial charge in [-0.3, -0.25) is 43.7 Å². The number of piperidine rings is 3. The maximum absolute atomic E-state index is 13.8. The molecule has 0 radical (unpaired) electrons. The van der Waals surface area contributed by atoms with E-state index in [-0.39, 0.29) is 53.2 Å². The number of aromatic nitrogens is 3. The van der Waals surface area contributed by atoms with Crippen LogP contribution in [0.1, 0.15) is 94.3 Å². The summed E-state index contributed by atoms with van der Waals surface area (Å²) in [4.78, 5) is 89.6. The molecule has 1 atom stereocenters. The molecule has 6 amide bonds. The summed E-state index contributed by atoms with van der Waals surface area (Å²) in [5.74, 6) is -2.18. The molecule has 6 aliphatic rings. The largest absolute Gasteiger partial charge is 0.378 e. The lowest BCUT2D eigenvalue weighted by Gasteiger charge is -2.52. The average Bonchev–Trinajstić information content (AvgIpc) is 3.79. The molecular formula is C45H49N9O7. The Morgan fingerprint density at radius 2 is 1.61 bits per heavy atom. The third-order valence-electron chi connectivity index (χ3n) is 13.8. The van der Waals surface area contributed by atoms with Gasteiger partial charge in [0.2, 0.25) is 17.7 Å². The number of carbonyl (C=O) groups is 6. The van der Waals surface area contributed by atoms with Crippen LogP contribution in [0.4, 0.5) is 17.1 Å². The van der Waals surface area contributed by atoms with Crippen LogP contribution in [0.25, 0.3) is 10.9 Å². The summed E-state index contributed by atoms with van der Waals surface area (Å²) in [6.07, 6.45) is 7.64. The summed E-state index contributed by atoms with van der Waals surface area (Å²) in [5, 5.41) is 11.4. The van der Waals surface area contributed by atoms with Crippen molar-refractivity contribution in [2.75, 3.05) is 67.6 Å². The SMILES string of the molecule is Cc1cccc(C(=O)Nc2cc3cn(C4CC5(CCN(C(=O)C6CCN(c7ccc8c(c7)C(=O)N(C7CCC(=O)NC7=O)C8=O)CC6)CC5)C4)nc3cc2N2CCOCC2)n1. The minimum atomic E-state index is -1.00. The van der Waals surface area contributed by atoms with Crippen molar-refractivity contribution in [2.45, 2.75) is 70.4 Å². The summed E-state index contributed by atoms with van der Waals surface area (Å²) in [6, 6.07) is 14.0. The van der Waals surface area contributed by atoms with E-state index in [4.69, 9.17) is 9.84 Å². The zero-order valence-electron chi connectivity index (χ0n) is 34.2. The lowest BCUT2D eigenvalue weighted by molar-refractivity contribution is -0.140. The third kappa shape index (κ3) is 7.19. The van der Waals surface area contributed by atoms with E-state index in [1.165, 1.54) is 0 Å². The molecule has 16 heteroatoms. The smallest absolute Gasteiger partial charge is 0.274 e. The van der Waals surface area contributed by atoms with E-state index in [1.807, 2.05) is 31.2 Å². The molecule has 61 heavy (non-hydrogen) atoms. The van der Waals surface area contributed by atoms with Crippen LogP contribution >= 0.6 is 0 Å². The van der Waals surface area contributed by atoms with Crippen molar-refractivity contribution in [3.63, 3.8) is 0 Å². The van der Waals surface area contributed by atoms with E-state index in [0.29, 0.717) is 44.8 Å². The number of amides is 6. The lowest BCUT2D eigenvalue weighted by atomic mass is 9.60. The molecule has 4 aromatic rings. The number of ether oxygens (including phenoxy) is 1. The molecule has 4 saturated heterocycles. The normalized spacial score (nSPS) is 22.1. The molecule has 0 bridgehead atoms. The number of morpholine rings is 1. The minimum Gasteiger partial charge on any atom is -0.378 e. The molecule has 1 spiro atoms. The van der Waals surface area contributed by atoms with Crippen molar-refractivity contribution < 1.29 is 33.5 Å². The monoisotopic (exact) mass is 827 g/mol. The molecule has 1 aliphatic carbocycles. The highest BCUT2D eigenvalue weighted by Crippen LogP contribution is 2.55. The highest BCUT2D eigenvalue weighted by atomic mass is 16.5. The predicted octanol–water partition coefficient (Wildman–Crippen LogP) is 4.09. The van der Waals surface area contributed by atoms with Gasteiger partial charge in [0.25, 0.3) is 17.7 Å². The second kappa shape index (κ2) is 15.4. The Morgan fingerprint density at radius 1 is 0.852 bits per heavy atom. The summed E-state index contributed by atoms with van der Waals surface area (Å²) in [5.41, 5.74) is 5.21. The first kappa shape index (κ1) is 39.0. The van der Waals surface area contributed by atoms with Crippen LogP contribution in [0.2, 0.25) is 0 Å². The van der Waals surface area contributed by atoms with Crippen molar-refractivity contribution in [1.82, 2.24) is 29.9 Å². The zero-order valence-corrected chi connectivity index (χ0v) is 34.2. The maximum atomic E-state index is 13.8. The second-order valence-corrected chi connectivity index (χ2v) is 17.6. The number of rotatable bonds is 7. The summed E-state index contributed by atoms with van der Waals surface area (Å²) < 4.78 is 7.72. The number of carbonyl (C=O) groups excluding carboxylic acids is 6. The molecule has 2 aromatic heterocycles. The first-order valence-electron chi connectivity index (χ1n) is 21.5. The van der Waals surface area contributed by atoms with Crippen molar-refractivity contribution >= 4 is 63.4 Å². The Hall–Kier alpha value is -6.16. The first-order valence-corrected chi connectivity index (χ1v) is 21.5. The molecule has 2 N–H and O–H groups in total. The van der Waals surface area contributed by atoms with E-state index < -0.39 is 29.7 Å². The third-order valence-corrected chi connectivity index (χ3v) is 13.8. The highest BCUT2D eigenvalue weighted by Gasteiger charge is 2.48. The number of fused-ring (bicyclic) bond motifs is 2. The van der Waals surface area contributed by atoms with Gasteiger partial charge in [0.15, 0.2) is 0 Å². The molecule has 1 unspecified atom stereocenters. The molecule has 10 rings (SSSR count). The topological polar surface area (TPSA) is 179 Å². The number of anilines is 3. The van der Waals surface area contributed by atoms with Crippen molar-refractivity contribution in [3.8, 4) is 0 Å². The van der Waals surface area contributed by atoms with Crippen molar-refractivity contribution in [2.24, 2.45) is 11.3 Å². The fraction of sp³-hybridized carbons (Fsp3) is 0.467.